The Hall–Kier alpha value is -2.14. The Labute approximate surface area is 118 Å². The van der Waals surface area contributed by atoms with Gasteiger partial charge < -0.3 is 10.6 Å². The third-order valence-electron chi connectivity index (χ3n) is 3.08. The Morgan fingerprint density at radius 3 is 2.70 bits per heavy atom. The molecule has 1 heterocycles. The van der Waals surface area contributed by atoms with E-state index < -0.39 is 17.7 Å². The zero-order chi connectivity index (χ0) is 14.3. The summed E-state index contributed by atoms with van der Waals surface area (Å²) in [6.45, 7) is 0. The van der Waals surface area contributed by atoms with Gasteiger partial charge in [0.25, 0.3) is 5.91 Å². The predicted molar refractivity (Wildman–Crippen MR) is 72.8 cm³/mol. The molecule has 102 valence electrons. The Morgan fingerprint density at radius 1 is 1.15 bits per heavy atom. The van der Waals surface area contributed by atoms with Crippen molar-refractivity contribution in [1.82, 2.24) is 0 Å². The molecule has 1 aliphatic rings. The minimum atomic E-state index is -0.734. The van der Waals surface area contributed by atoms with E-state index in [9.17, 15) is 13.6 Å². The van der Waals surface area contributed by atoms with Crippen LogP contribution in [0.1, 0.15) is 11.6 Å². The van der Waals surface area contributed by atoms with Crippen LogP contribution in [0, 0.1) is 11.6 Å². The summed E-state index contributed by atoms with van der Waals surface area (Å²) in [5, 5.41) is 5.51. The van der Waals surface area contributed by atoms with E-state index in [1.165, 1.54) is 36.4 Å². The smallest absolute Gasteiger partial charge is 0.251 e. The molecule has 0 fully saturated rings. The van der Waals surface area contributed by atoms with Crippen LogP contribution in [0.25, 0.3) is 0 Å². The first-order valence-electron chi connectivity index (χ1n) is 5.86. The van der Waals surface area contributed by atoms with Gasteiger partial charge in [0, 0.05) is 16.9 Å². The van der Waals surface area contributed by atoms with E-state index in [-0.39, 0.29) is 10.9 Å². The van der Waals surface area contributed by atoms with Gasteiger partial charge in [-0.3, -0.25) is 4.79 Å². The molecule has 0 bridgehead atoms. The maximum atomic E-state index is 13.3. The fraction of sp³-hybridized carbons (Fsp3) is 0.0714. The van der Waals surface area contributed by atoms with Gasteiger partial charge in [0.2, 0.25) is 0 Å². The number of rotatable bonds is 2. The van der Waals surface area contributed by atoms with Crippen molar-refractivity contribution in [3.63, 3.8) is 0 Å². The number of hydrogen-bond acceptors (Lipinski definition) is 2. The highest BCUT2D eigenvalue weighted by atomic mass is 35.5. The van der Waals surface area contributed by atoms with Crippen LogP contribution in [-0.2, 0) is 4.79 Å². The quantitative estimate of drug-likeness (QED) is 0.886. The molecule has 0 aromatic heterocycles. The molecule has 3 nitrogen and oxygen atoms in total. The minimum Gasteiger partial charge on any atom is -0.370 e. The monoisotopic (exact) mass is 294 g/mol. The molecule has 1 aliphatic heterocycles. The number of benzene rings is 2. The first kappa shape index (κ1) is 12.9. The summed E-state index contributed by atoms with van der Waals surface area (Å²) < 4.78 is 26.4. The van der Waals surface area contributed by atoms with Crippen molar-refractivity contribution >= 4 is 28.9 Å². The van der Waals surface area contributed by atoms with Crippen molar-refractivity contribution in [2.24, 2.45) is 0 Å². The Morgan fingerprint density at radius 2 is 1.95 bits per heavy atom. The van der Waals surface area contributed by atoms with Crippen LogP contribution >= 0.6 is 11.6 Å². The number of amides is 1. The second-order valence-corrected chi connectivity index (χ2v) is 4.83. The number of halogens is 3. The zero-order valence-corrected chi connectivity index (χ0v) is 10.8. The number of fused-ring (bicyclic) bond motifs is 1. The lowest BCUT2D eigenvalue weighted by Crippen LogP contribution is -2.19. The molecule has 1 unspecified atom stereocenters. The number of hydrogen-bond donors (Lipinski definition) is 2. The number of nitrogens with one attached hydrogen (secondary N) is 2. The van der Waals surface area contributed by atoms with Crippen LogP contribution in [0.2, 0.25) is 5.02 Å². The van der Waals surface area contributed by atoms with Crippen molar-refractivity contribution in [2.75, 3.05) is 10.6 Å². The topological polar surface area (TPSA) is 41.1 Å². The largest absolute Gasteiger partial charge is 0.370 e. The number of anilines is 2. The first-order chi connectivity index (χ1) is 9.54. The van der Waals surface area contributed by atoms with E-state index in [0.29, 0.717) is 16.9 Å². The Balaban J connectivity index is 1.93. The number of carbonyl (C=O) groups is 1. The van der Waals surface area contributed by atoms with Crippen molar-refractivity contribution in [3.8, 4) is 0 Å². The molecule has 0 spiro atoms. The second-order valence-electron chi connectivity index (χ2n) is 4.43. The number of carbonyl (C=O) groups excluding carboxylic acids is 1. The molecule has 3 rings (SSSR count). The molecule has 2 N–H and O–H groups in total. The van der Waals surface area contributed by atoms with Crippen molar-refractivity contribution in [1.29, 1.82) is 0 Å². The maximum absolute atomic E-state index is 13.3. The second kappa shape index (κ2) is 4.76. The molecule has 1 atom stereocenters. The molecular formula is C14H9ClF2N2O. The molecular weight excluding hydrogens is 286 g/mol. The predicted octanol–water partition coefficient (Wildman–Crippen LogP) is 3.72. The van der Waals surface area contributed by atoms with Gasteiger partial charge in [-0.15, -0.1) is 0 Å². The summed E-state index contributed by atoms with van der Waals surface area (Å²) in [6, 6.07) is 7.37. The third-order valence-corrected chi connectivity index (χ3v) is 3.36. The fourth-order valence-electron chi connectivity index (χ4n) is 2.13. The first-order valence-corrected chi connectivity index (χ1v) is 6.24. The van der Waals surface area contributed by atoms with Crippen LogP contribution in [0.15, 0.2) is 36.4 Å². The lowest BCUT2D eigenvalue weighted by atomic mass is 10.1. The fourth-order valence-corrected chi connectivity index (χ4v) is 2.31. The van der Waals surface area contributed by atoms with Gasteiger partial charge in [0.05, 0.1) is 5.02 Å². The SMILES string of the molecule is O=C1Nc2ccc(F)cc2C1Nc1ccc(F)c(Cl)c1. The summed E-state index contributed by atoms with van der Waals surface area (Å²) in [7, 11) is 0. The normalized spacial score (nSPS) is 16.8. The molecule has 1 amide bonds. The van der Waals surface area contributed by atoms with Gasteiger partial charge in [-0.25, -0.2) is 8.78 Å². The van der Waals surface area contributed by atoms with E-state index in [0.717, 1.165) is 0 Å². The highest BCUT2D eigenvalue weighted by Gasteiger charge is 2.30. The molecule has 2 aromatic rings. The van der Waals surface area contributed by atoms with E-state index in [2.05, 4.69) is 10.6 Å². The van der Waals surface area contributed by atoms with Gasteiger partial charge in [-0.2, -0.15) is 0 Å². The third kappa shape index (κ3) is 2.20. The highest BCUT2D eigenvalue weighted by Crippen LogP contribution is 2.34. The van der Waals surface area contributed by atoms with Gasteiger partial charge in [-0.1, -0.05) is 11.6 Å². The summed E-state index contributed by atoms with van der Waals surface area (Å²) in [5.74, 6) is -1.27. The molecule has 0 saturated heterocycles. The molecule has 0 aliphatic carbocycles. The van der Waals surface area contributed by atoms with E-state index in [1.807, 2.05) is 0 Å². The van der Waals surface area contributed by atoms with Crippen molar-refractivity contribution < 1.29 is 13.6 Å². The molecule has 6 heteroatoms. The Bertz CT molecular complexity index is 706. The zero-order valence-electron chi connectivity index (χ0n) is 10.1. The summed E-state index contributed by atoms with van der Waals surface area (Å²) in [6.07, 6.45) is 0. The molecule has 20 heavy (non-hydrogen) atoms. The maximum Gasteiger partial charge on any atom is 0.251 e. The standard InChI is InChI=1S/C14H9ClF2N2O/c15-10-6-8(2-3-11(10)17)18-13-9-5-7(16)1-4-12(9)19-14(13)20/h1-6,13,18H,(H,19,20). The lowest BCUT2D eigenvalue weighted by molar-refractivity contribution is -0.116. The molecule has 0 radical (unpaired) electrons. The molecule has 0 saturated carbocycles. The summed E-state index contributed by atoms with van der Waals surface area (Å²) >= 11 is 5.69. The van der Waals surface area contributed by atoms with Gasteiger partial charge in [0.1, 0.15) is 17.7 Å². The average molecular weight is 295 g/mol. The minimum absolute atomic E-state index is 0.0483. The summed E-state index contributed by atoms with van der Waals surface area (Å²) in [4.78, 5) is 11.9. The van der Waals surface area contributed by atoms with Gasteiger partial charge in [-0.05, 0) is 36.4 Å². The molecule has 2 aromatic carbocycles. The van der Waals surface area contributed by atoms with Gasteiger partial charge >= 0.3 is 0 Å². The lowest BCUT2D eigenvalue weighted by Gasteiger charge is -2.13. The van der Waals surface area contributed by atoms with Gasteiger partial charge in [0.15, 0.2) is 0 Å². The van der Waals surface area contributed by atoms with Crippen LogP contribution in [0.3, 0.4) is 0 Å². The van der Waals surface area contributed by atoms with Crippen LogP contribution in [0.4, 0.5) is 20.2 Å². The van der Waals surface area contributed by atoms with E-state index in [1.54, 1.807) is 0 Å². The Kier molecular flexibility index (Phi) is 3.06. The summed E-state index contributed by atoms with van der Waals surface area (Å²) in [5.41, 5.74) is 1.55. The van der Waals surface area contributed by atoms with E-state index in [4.69, 9.17) is 11.6 Å². The van der Waals surface area contributed by atoms with Crippen LogP contribution in [0.5, 0.6) is 0 Å². The van der Waals surface area contributed by atoms with Crippen molar-refractivity contribution in [3.05, 3.63) is 58.6 Å². The van der Waals surface area contributed by atoms with Crippen molar-refractivity contribution in [2.45, 2.75) is 6.04 Å². The van der Waals surface area contributed by atoms with Crippen LogP contribution in [-0.4, -0.2) is 5.91 Å². The van der Waals surface area contributed by atoms with E-state index >= 15 is 0 Å². The average Bonchev–Trinajstić information content (AvgIpc) is 2.70. The van der Waals surface area contributed by atoms with Crippen LogP contribution < -0.4 is 10.6 Å². The highest BCUT2D eigenvalue weighted by molar-refractivity contribution is 6.31.